The molecule has 1 aliphatic heterocycles. The van der Waals surface area contributed by atoms with Gasteiger partial charge in [-0.25, -0.2) is 0 Å². The van der Waals surface area contributed by atoms with E-state index in [2.05, 4.69) is 72.3 Å². The van der Waals surface area contributed by atoms with Crippen molar-refractivity contribution in [1.82, 2.24) is 20.4 Å². The van der Waals surface area contributed by atoms with Crippen molar-refractivity contribution in [2.45, 2.75) is 33.4 Å². The second kappa shape index (κ2) is 7.18. The Morgan fingerprint density at radius 1 is 1.29 bits per heavy atom. The van der Waals surface area contributed by atoms with Gasteiger partial charge in [-0.1, -0.05) is 20.8 Å². The molecular weight excluding hydrogens is 262 g/mol. The summed E-state index contributed by atoms with van der Waals surface area (Å²) in [7, 11) is 4.31. The van der Waals surface area contributed by atoms with E-state index in [0.29, 0.717) is 17.9 Å². The van der Waals surface area contributed by atoms with Gasteiger partial charge in [0.25, 0.3) is 0 Å². The minimum Gasteiger partial charge on any atom is -0.353 e. The average Bonchev–Trinajstić information content (AvgIpc) is 2.81. The van der Waals surface area contributed by atoms with Crippen LogP contribution in [-0.2, 0) is 6.54 Å². The van der Waals surface area contributed by atoms with Crippen molar-refractivity contribution in [3.8, 4) is 0 Å². The molecule has 1 N–H and O–H groups in total. The zero-order valence-corrected chi connectivity index (χ0v) is 14.0. The van der Waals surface area contributed by atoms with E-state index in [0.717, 1.165) is 37.7 Å². The maximum atomic E-state index is 4.40. The number of nitrogens with zero attached hydrogens (tertiary/aromatic N) is 4. The van der Waals surface area contributed by atoms with Crippen LogP contribution in [0.25, 0.3) is 0 Å². The van der Waals surface area contributed by atoms with Crippen LogP contribution in [0.5, 0.6) is 0 Å². The van der Waals surface area contributed by atoms with Crippen LogP contribution >= 0.6 is 0 Å². The minimum absolute atomic E-state index is 0.596. The summed E-state index contributed by atoms with van der Waals surface area (Å²) in [4.78, 5) is 4.65. The molecule has 21 heavy (non-hydrogen) atoms. The van der Waals surface area contributed by atoms with Gasteiger partial charge in [-0.3, -0.25) is 0 Å². The summed E-state index contributed by atoms with van der Waals surface area (Å²) in [5, 5.41) is 12.1. The van der Waals surface area contributed by atoms with E-state index in [9.17, 15) is 0 Å². The van der Waals surface area contributed by atoms with Crippen LogP contribution in [0.3, 0.4) is 0 Å². The van der Waals surface area contributed by atoms with Gasteiger partial charge in [0.05, 0.1) is 5.69 Å². The molecule has 1 aromatic rings. The molecule has 2 unspecified atom stereocenters. The van der Waals surface area contributed by atoms with E-state index < -0.39 is 0 Å². The topological polar surface area (TPSA) is 44.3 Å². The lowest BCUT2D eigenvalue weighted by atomic mass is 10.1. The summed E-state index contributed by atoms with van der Waals surface area (Å²) in [6.45, 7) is 10.6. The number of likely N-dealkylation sites (N-methyl/N-ethyl adjacent to an activating group) is 1. The molecule has 5 heteroatoms. The number of hydrogen-bond donors (Lipinski definition) is 1. The fraction of sp³-hybridized carbons (Fsp3) is 0.750. The maximum absolute atomic E-state index is 4.40. The zero-order chi connectivity index (χ0) is 15.4. The third-order valence-corrected chi connectivity index (χ3v) is 4.12. The summed E-state index contributed by atoms with van der Waals surface area (Å²) in [6, 6.07) is 4.78. The summed E-state index contributed by atoms with van der Waals surface area (Å²) in [5.74, 6) is 2.32. The van der Waals surface area contributed by atoms with E-state index >= 15 is 0 Å². The smallest absolute Gasteiger partial charge is 0.151 e. The minimum atomic E-state index is 0.596. The number of nitrogens with one attached hydrogen (secondary N) is 1. The largest absolute Gasteiger partial charge is 0.353 e. The van der Waals surface area contributed by atoms with Gasteiger partial charge in [-0.05, 0) is 44.6 Å². The van der Waals surface area contributed by atoms with Crippen LogP contribution < -0.4 is 10.2 Å². The molecule has 1 saturated heterocycles. The van der Waals surface area contributed by atoms with Crippen molar-refractivity contribution in [2.75, 3.05) is 38.6 Å². The lowest BCUT2D eigenvalue weighted by molar-refractivity contribution is 0.266. The normalized spacial score (nSPS) is 22.5. The van der Waals surface area contributed by atoms with Crippen LogP contribution in [0.1, 0.15) is 26.5 Å². The molecule has 0 aliphatic carbocycles. The van der Waals surface area contributed by atoms with Gasteiger partial charge >= 0.3 is 0 Å². The maximum Gasteiger partial charge on any atom is 0.151 e. The molecule has 0 amide bonds. The monoisotopic (exact) mass is 291 g/mol. The fourth-order valence-corrected chi connectivity index (χ4v) is 2.91. The van der Waals surface area contributed by atoms with Crippen molar-refractivity contribution in [2.24, 2.45) is 11.8 Å². The van der Waals surface area contributed by atoms with Crippen molar-refractivity contribution in [3.05, 3.63) is 17.8 Å². The van der Waals surface area contributed by atoms with Gasteiger partial charge < -0.3 is 15.1 Å². The van der Waals surface area contributed by atoms with Gasteiger partial charge in [0, 0.05) is 25.7 Å². The van der Waals surface area contributed by atoms with E-state index in [4.69, 9.17) is 0 Å². The Morgan fingerprint density at radius 2 is 2.05 bits per heavy atom. The van der Waals surface area contributed by atoms with Crippen molar-refractivity contribution < 1.29 is 0 Å². The van der Waals surface area contributed by atoms with Gasteiger partial charge in [-0.2, -0.15) is 5.10 Å². The Bertz CT molecular complexity index is 429. The Labute approximate surface area is 128 Å². The number of anilines is 1. The third kappa shape index (κ3) is 4.38. The first-order valence-electron chi connectivity index (χ1n) is 7.92. The SMILES string of the molecule is CC(C)CNCc1ccc(N2CC(C)C(N(C)C)C2)nn1. The summed E-state index contributed by atoms with van der Waals surface area (Å²) in [5.41, 5.74) is 1.01. The average molecular weight is 291 g/mol. The lowest BCUT2D eigenvalue weighted by Crippen LogP contribution is -2.34. The molecule has 0 spiro atoms. The quantitative estimate of drug-likeness (QED) is 0.862. The van der Waals surface area contributed by atoms with Crippen molar-refractivity contribution >= 4 is 5.82 Å². The van der Waals surface area contributed by atoms with Crippen LogP contribution in [0.15, 0.2) is 12.1 Å². The Hall–Kier alpha value is -1.20. The predicted octanol–water partition coefficient (Wildman–Crippen LogP) is 1.61. The molecule has 2 rings (SSSR count). The molecule has 0 saturated carbocycles. The van der Waals surface area contributed by atoms with Crippen LogP contribution in [0, 0.1) is 11.8 Å². The second-order valence-electron chi connectivity index (χ2n) is 6.82. The Morgan fingerprint density at radius 3 is 2.57 bits per heavy atom. The Kier molecular flexibility index (Phi) is 5.53. The molecule has 1 aliphatic rings. The molecule has 0 bridgehead atoms. The first-order valence-corrected chi connectivity index (χ1v) is 7.92. The number of rotatable bonds is 6. The molecule has 0 aromatic carbocycles. The van der Waals surface area contributed by atoms with E-state index in [1.807, 2.05) is 0 Å². The zero-order valence-electron chi connectivity index (χ0n) is 14.0. The fourth-order valence-electron chi connectivity index (χ4n) is 2.91. The molecule has 5 nitrogen and oxygen atoms in total. The lowest BCUT2D eigenvalue weighted by Gasteiger charge is -2.22. The molecule has 1 aromatic heterocycles. The first-order chi connectivity index (χ1) is 9.97. The van der Waals surface area contributed by atoms with Gasteiger partial charge in [0.2, 0.25) is 0 Å². The van der Waals surface area contributed by atoms with Gasteiger partial charge in [0.15, 0.2) is 5.82 Å². The Balaban J connectivity index is 1.90. The van der Waals surface area contributed by atoms with Crippen molar-refractivity contribution in [1.29, 1.82) is 0 Å². The number of aromatic nitrogens is 2. The van der Waals surface area contributed by atoms with Crippen LogP contribution in [0.2, 0.25) is 0 Å². The van der Waals surface area contributed by atoms with E-state index in [-0.39, 0.29) is 0 Å². The summed E-state index contributed by atoms with van der Waals surface area (Å²) in [6.07, 6.45) is 0. The van der Waals surface area contributed by atoms with Crippen LogP contribution in [0.4, 0.5) is 5.82 Å². The summed E-state index contributed by atoms with van der Waals surface area (Å²) >= 11 is 0. The molecule has 2 heterocycles. The summed E-state index contributed by atoms with van der Waals surface area (Å²) < 4.78 is 0. The highest BCUT2D eigenvalue weighted by molar-refractivity contribution is 5.39. The standard InChI is InChI=1S/C16H29N5/c1-12(2)8-17-9-14-6-7-16(19-18-14)21-10-13(3)15(11-21)20(4)5/h6-7,12-13,15,17H,8-11H2,1-5H3. The molecule has 0 radical (unpaired) electrons. The highest BCUT2D eigenvalue weighted by atomic mass is 15.3. The molecule has 118 valence electrons. The van der Waals surface area contributed by atoms with Crippen molar-refractivity contribution in [3.63, 3.8) is 0 Å². The van der Waals surface area contributed by atoms with E-state index in [1.165, 1.54) is 0 Å². The highest BCUT2D eigenvalue weighted by Gasteiger charge is 2.31. The molecular formula is C16H29N5. The van der Waals surface area contributed by atoms with E-state index in [1.54, 1.807) is 0 Å². The molecule has 2 atom stereocenters. The van der Waals surface area contributed by atoms with Gasteiger partial charge in [-0.15, -0.1) is 5.10 Å². The van der Waals surface area contributed by atoms with Crippen LogP contribution in [-0.4, -0.2) is 54.9 Å². The second-order valence-corrected chi connectivity index (χ2v) is 6.82. The first kappa shape index (κ1) is 16.2. The highest BCUT2D eigenvalue weighted by Crippen LogP contribution is 2.24. The third-order valence-electron chi connectivity index (χ3n) is 4.12. The van der Waals surface area contributed by atoms with Gasteiger partial charge in [0.1, 0.15) is 0 Å². The molecule has 1 fully saturated rings. The predicted molar refractivity (Wildman–Crippen MR) is 87.4 cm³/mol. The number of hydrogen-bond acceptors (Lipinski definition) is 5.